The maximum atomic E-state index is 13.4. The van der Waals surface area contributed by atoms with Crippen molar-refractivity contribution in [2.75, 3.05) is 5.73 Å². The van der Waals surface area contributed by atoms with Crippen LogP contribution in [0.25, 0.3) is 5.69 Å². The van der Waals surface area contributed by atoms with Crippen LogP contribution in [0.2, 0.25) is 0 Å². The molecule has 1 aliphatic carbocycles. The van der Waals surface area contributed by atoms with Crippen molar-refractivity contribution in [3.63, 3.8) is 0 Å². The minimum atomic E-state index is -0.235. The van der Waals surface area contributed by atoms with Crippen LogP contribution in [0.1, 0.15) is 23.2 Å². The number of hydrogen-bond donors (Lipinski definition) is 1. The van der Waals surface area contributed by atoms with Crippen LogP contribution in [0.4, 0.5) is 10.2 Å². The summed E-state index contributed by atoms with van der Waals surface area (Å²) in [5.41, 5.74) is 9.79. The van der Waals surface area contributed by atoms with Crippen LogP contribution < -0.4 is 5.73 Å². The van der Waals surface area contributed by atoms with Gasteiger partial charge in [-0.15, -0.1) is 0 Å². The van der Waals surface area contributed by atoms with Crippen LogP contribution in [0, 0.1) is 12.7 Å². The third-order valence-electron chi connectivity index (χ3n) is 3.23. The molecule has 0 atom stereocenters. The average molecular weight is 231 g/mol. The molecule has 0 unspecified atom stereocenters. The number of nitrogens with zero attached hydrogens (tertiary/aromatic N) is 2. The highest BCUT2D eigenvalue weighted by molar-refractivity contribution is 5.49. The molecule has 0 saturated heterocycles. The Kier molecular flexibility index (Phi) is 2.18. The van der Waals surface area contributed by atoms with E-state index in [1.807, 2.05) is 13.0 Å². The van der Waals surface area contributed by atoms with Crippen molar-refractivity contribution in [1.82, 2.24) is 9.78 Å². The Bertz CT molecular complexity index is 566. The van der Waals surface area contributed by atoms with Crippen molar-refractivity contribution in [2.45, 2.75) is 26.2 Å². The summed E-state index contributed by atoms with van der Waals surface area (Å²) < 4.78 is 15.2. The second-order valence-corrected chi connectivity index (χ2v) is 4.56. The average Bonchev–Trinajstić information content (AvgIpc) is 2.81. The first-order valence-corrected chi connectivity index (χ1v) is 5.79. The van der Waals surface area contributed by atoms with Gasteiger partial charge in [0.15, 0.2) is 0 Å². The molecule has 1 aromatic heterocycles. The Hall–Kier alpha value is -1.84. The molecular weight excluding hydrogens is 217 g/mol. The van der Waals surface area contributed by atoms with Gasteiger partial charge in [-0.1, -0.05) is 0 Å². The summed E-state index contributed by atoms with van der Waals surface area (Å²) in [6.07, 6.45) is 3.05. The molecule has 0 amide bonds. The van der Waals surface area contributed by atoms with Crippen LogP contribution in [0.3, 0.4) is 0 Å². The smallest absolute Gasteiger partial charge is 0.149 e. The molecule has 0 bridgehead atoms. The minimum absolute atomic E-state index is 0.235. The van der Waals surface area contributed by atoms with Crippen molar-refractivity contribution >= 4 is 5.82 Å². The zero-order chi connectivity index (χ0) is 12.0. The van der Waals surface area contributed by atoms with E-state index >= 15 is 0 Å². The van der Waals surface area contributed by atoms with Crippen LogP contribution in [-0.2, 0) is 12.8 Å². The van der Waals surface area contributed by atoms with Gasteiger partial charge in [-0.05, 0) is 49.9 Å². The van der Waals surface area contributed by atoms with Gasteiger partial charge in [0.25, 0.3) is 0 Å². The summed E-state index contributed by atoms with van der Waals surface area (Å²) in [4.78, 5) is 0. The Labute approximate surface area is 99.1 Å². The molecule has 0 radical (unpaired) electrons. The van der Waals surface area contributed by atoms with Crippen molar-refractivity contribution in [3.8, 4) is 5.69 Å². The molecule has 0 aliphatic heterocycles. The van der Waals surface area contributed by atoms with Gasteiger partial charge in [0.2, 0.25) is 0 Å². The van der Waals surface area contributed by atoms with Crippen molar-refractivity contribution in [2.24, 2.45) is 0 Å². The molecule has 0 saturated carbocycles. The Morgan fingerprint density at radius 3 is 2.88 bits per heavy atom. The molecular formula is C13H14FN3. The van der Waals surface area contributed by atoms with Gasteiger partial charge in [0, 0.05) is 11.3 Å². The van der Waals surface area contributed by atoms with Crippen molar-refractivity contribution in [1.29, 1.82) is 0 Å². The molecule has 3 rings (SSSR count). The summed E-state index contributed by atoms with van der Waals surface area (Å²) in [5, 5.41) is 4.31. The van der Waals surface area contributed by atoms with E-state index in [-0.39, 0.29) is 5.82 Å². The Balaban J connectivity index is 2.18. The molecule has 3 nitrogen and oxygen atoms in total. The normalized spacial score (nSPS) is 14.0. The predicted octanol–water partition coefficient (Wildman–Crippen LogP) is 2.39. The maximum absolute atomic E-state index is 13.4. The molecule has 2 N–H and O–H groups in total. The molecule has 0 fully saturated rings. The van der Waals surface area contributed by atoms with Crippen LogP contribution >= 0.6 is 0 Å². The molecule has 4 heteroatoms. The lowest BCUT2D eigenvalue weighted by Crippen LogP contribution is -2.02. The van der Waals surface area contributed by atoms with Gasteiger partial charge < -0.3 is 5.73 Å². The van der Waals surface area contributed by atoms with E-state index in [0.29, 0.717) is 5.82 Å². The quantitative estimate of drug-likeness (QED) is 0.819. The third kappa shape index (κ3) is 1.60. The van der Waals surface area contributed by atoms with E-state index in [2.05, 4.69) is 5.10 Å². The summed E-state index contributed by atoms with van der Waals surface area (Å²) in [6.45, 7) is 1.87. The molecule has 2 aromatic rings. The number of nitrogen functional groups attached to an aromatic ring is 1. The molecule has 1 heterocycles. The van der Waals surface area contributed by atoms with E-state index in [1.165, 1.54) is 12.1 Å². The number of aryl methyl sites for hydroxylation is 1. The first-order chi connectivity index (χ1) is 8.15. The van der Waals surface area contributed by atoms with E-state index in [9.17, 15) is 4.39 Å². The van der Waals surface area contributed by atoms with E-state index in [0.717, 1.165) is 41.8 Å². The van der Waals surface area contributed by atoms with Gasteiger partial charge in [-0.2, -0.15) is 5.10 Å². The van der Waals surface area contributed by atoms with Gasteiger partial charge in [-0.25, -0.2) is 9.07 Å². The molecule has 17 heavy (non-hydrogen) atoms. The second kappa shape index (κ2) is 3.58. The van der Waals surface area contributed by atoms with Gasteiger partial charge in [0.05, 0.1) is 5.69 Å². The zero-order valence-corrected chi connectivity index (χ0v) is 9.70. The van der Waals surface area contributed by atoms with E-state index in [4.69, 9.17) is 5.73 Å². The lowest BCUT2D eigenvalue weighted by atomic mass is 10.2. The van der Waals surface area contributed by atoms with Crippen LogP contribution in [0.5, 0.6) is 0 Å². The number of benzene rings is 1. The van der Waals surface area contributed by atoms with Crippen LogP contribution in [0.15, 0.2) is 18.2 Å². The highest BCUT2D eigenvalue weighted by Gasteiger charge is 2.21. The topological polar surface area (TPSA) is 43.8 Å². The standard InChI is InChI=1S/C13H14FN3/c1-8-5-9(14)7-10(6-8)17-12-4-2-3-11(12)13(15)16-17/h5-7H,2-4H2,1H3,(H2,15,16). The number of hydrogen-bond acceptors (Lipinski definition) is 2. The monoisotopic (exact) mass is 231 g/mol. The number of rotatable bonds is 1. The fourth-order valence-corrected chi connectivity index (χ4v) is 2.52. The number of aromatic nitrogens is 2. The largest absolute Gasteiger partial charge is 0.382 e. The Morgan fingerprint density at radius 1 is 1.29 bits per heavy atom. The fourth-order valence-electron chi connectivity index (χ4n) is 2.52. The minimum Gasteiger partial charge on any atom is -0.382 e. The van der Waals surface area contributed by atoms with Gasteiger partial charge >= 0.3 is 0 Å². The first-order valence-electron chi connectivity index (χ1n) is 5.79. The van der Waals surface area contributed by atoms with Crippen molar-refractivity contribution in [3.05, 3.63) is 40.8 Å². The lowest BCUT2D eigenvalue weighted by Gasteiger charge is -2.06. The summed E-state index contributed by atoms with van der Waals surface area (Å²) in [5.74, 6) is 0.347. The molecule has 0 spiro atoms. The van der Waals surface area contributed by atoms with E-state index < -0.39 is 0 Å². The second-order valence-electron chi connectivity index (χ2n) is 4.56. The highest BCUT2D eigenvalue weighted by Crippen LogP contribution is 2.29. The molecule has 1 aromatic carbocycles. The van der Waals surface area contributed by atoms with Gasteiger partial charge in [0.1, 0.15) is 11.6 Å². The predicted molar refractivity (Wildman–Crippen MR) is 64.7 cm³/mol. The highest BCUT2D eigenvalue weighted by atomic mass is 19.1. The van der Waals surface area contributed by atoms with Crippen LogP contribution in [-0.4, -0.2) is 9.78 Å². The third-order valence-corrected chi connectivity index (χ3v) is 3.23. The fraction of sp³-hybridized carbons (Fsp3) is 0.308. The first kappa shape index (κ1) is 10.3. The Morgan fingerprint density at radius 2 is 2.12 bits per heavy atom. The SMILES string of the molecule is Cc1cc(F)cc(-n2nc(N)c3c2CCC3)c1. The summed E-state index contributed by atoms with van der Waals surface area (Å²) >= 11 is 0. The van der Waals surface area contributed by atoms with E-state index in [1.54, 1.807) is 4.68 Å². The zero-order valence-electron chi connectivity index (χ0n) is 9.70. The van der Waals surface area contributed by atoms with Crippen molar-refractivity contribution < 1.29 is 4.39 Å². The number of fused-ring (bicyclic) bond motifs is 1. The van der Waals surface area contributed by atoms with Gasteiger partial charge in [-0.3, -0.25) is 0 Å². The lowest BCUT2D eigenvalue weighted by molar-refractivity contribution is 0.623. The summed E-state index contributed by atoms with van der Waals surface area (Å²) in [7, 11) is 0. The number of nitrogens with two attached hydrogens (primary N) is 1. The number of halogens is 1. The number of anilines is 1. The molecule has 1 aliphatic rings. The molecule has 88 valence electrons. The maximum Gasteiger partial charge on any atom is 0.149 e. The summed E-state index contributed by atoms with van der Waals surface area (Å²) in [6, 6.07) is 4.93.